The minimum absolute atomic E-state index is 0.637. The highest BCUT2D eigenvalue weighted by molar-refractivity contribution is 7.16. The van der Waals surface area contributed by atoms with Gasteiger partial charge in [0, 0.05) is 12.6 Å². The summed E-state index contributed by atoms with van der Waals surface area (Å²) in [6.07, 6.45) is 5.30. The first-order valence-corrected chi connectivity index (χ1v) is 8.88. The maximum absolute atomic E-state index is 4.76. The Morgan fingerprint density at radius 1 is 1.33 bits per heavy atom. The van der Waals surface area contributed by atoms with Crippen LogP contribution in [0, 0.1) is 0 Å². The van der Waals surface area contributed by atoms with E-state index in [-0.39, 0.29) is 0 Å². The minimum Gasteiger partial charge on any atom is -0.370 e. The molecular formula is C16H24N4S. The number of fused-ring (bicyclic) bond motifs is 1. The smallest absolute Gasteiger partial charge is 0.146 e. The lowest BCUT2D eigenvalue weighted by Gasteiger charge is -2.26. The van der Waals surface area contributed by atoms with Crippen LogP contribution in [-0.4, -0.2) is 34.0 Å². The Balaban J connectivity index is 1.85. The number of likely N-dealkylation sites (tertiary alicyclic amines) is 1. The average molecular weight is 304 g/mol. The van der Waals surface area contributed by atoms with Crippen LogP contribution < -0.4 is 5.32 Å². The van der Waals surface area contributed by atoms with Crippen molar-refractivity contribution in [3.8, 4) is 0 Å². The molecule has 0 spiro atoms. The fourth-order valence-corrected chi connectivity index (χ4v) is 3.81. The van der Waals surface area contributed by atoms with E-state index in [1.165, 1.54) is 32.2 Å². The number of aromatic nitrogens is 2. The van der Waals surface area contributed by atoms with Gasteiger partial charge < -0.3 is 5.32 Å². The fraction of sp³-hybridized carbons (Fsp3) is 0.625. The molecule has 0 amide bonds. The molecule has 1 aliphatic rings. The molecule has 0 aromatic carbocycles. The van der Waals surface area contributed by atoms with Crippen LogP contribution >= 0.6 is 11.3 Å². The first kappa shape index (κ1) is 14.7. The van der Waals surface area contributed by atoms with Gasteiger partial charge in [-0.2, -0.15) is 0 Å². The molecule has 1 unspecified atom stereocenters. The van der Waals surface area contributed by atoms with Crippen molar-refractivity contribution in [2.75, 3.05) is 18.4 Å². The number of hydrogen-bond acceptors (Lipinski definition) is 5. The van der Waals surface area contributed by atoms with Crippen molar-refractivity contribution >= 4 is 27.4 Å². The third-order valence-electron chi connectivity index (χ3n) is 4.25. The zero-order valence-electron chi connectivity index (χ0n) is 12.9. The van der Waals surface area contributed by atoms with E-state index in [1.807, 2.05) is 0 Å². The van der Waals surface area contributed by atoms with Gasteiger partial charge in [0.15, 0.2) is 0 Å². The molecule has 0 bridgehead atoms. The van der Waals surface area contributed by atoms with Gasteiger partial charge in [-0.05, 0) is 44.7 Å². The van der Waals surface area contributed by atoms with Gasteiger partial charge in [0.05, 0.1) is 11.9 Å². The van der Waals surface area contributed by atoms with Gasteiger partial charge in [-0.15, -0.1) is 11.3 Å². The summed E-state index contributed by atoms with van der Waals surface area (Å²) in [4.78, 5) is 13.2. The molecule has 0 saturated carbocycles. The van der Waals surface area contributed by atoms with Crippen molar-refractivity contribution in [1.29, 1.82) is 0 Å². The predicted molar refractivity (Wildman–Crippen MR) is 89.9 cm³/mol. The number of thiophene rings is 1. The second-order valence-corrected chi connectivity index (χ2v) is 6.72. The Bertz CT molecular complexity index is 595. The minimum atomic E-state index is 0.637. The summed E-state index contributed by atoms with van der Waals surface area (Å²) in [6, 6.07) is 2.74. The van der Waals surface area contributed by atoms with E-state index < -0.39 is 0 Å². The van der Waals surface area contributed by atoms with Gasteiger partial charge >= 0.3 is 0 Å². The molecule has 114 valence electrons. The van der Waals surface area contributed by atoms with Crippen LogP contribution in [0.4, 0.5) is 5.82 Å². The number of nitrogens with one attached hydrogen (secondary N) is 1. The zero-order chi connectivity index (χ0) is 14.7. The Morgan fingerprint density at radius 2 is 2.24 bits per heavy atom. The molecule has 1 aliphatic heterocycles. The number of rotatable bonds is 4. The van der Waals surface area contributed by atoms with Crippen LogP contribution in [0.5, 0.6) is 0 Å². The van der Waals surface area contributed by atoms with Gasteiger partial charge in [-0.25, -0.2) is 9.97 Å². The van der Waals surface area contributed by atoms with E-state index >= 15 is 0 Å². The molecule has 3 heterocycles. The normalized spacial score (nSPS) is 20.6. The molecule has 3 rings (SSSR count). The van der Waals surface area contributed by atoms with Gasteiger partial charge in [0.1, 0.15) is 16.5 Å². The summed E-state index contributed by atoms with van der Waals surface area (Å²) in [5.41, 5.74) is 0. The van der Waals surface area contributed by atoms with Crippen LogP contribution in [0.25, 0.3) is 10.2 Å². The van der Waals surface area contributed by atoms with E-state index in [2.05, 4.69) is 35.5 Å². The van der Waals surface area contributed by atoms with Crippen molar-refractivity contribution < 1.29 is 0 Å². The second-order valence-electron chi connectivity index (χ2n) is 5.83. The highest BCUT2D eigenvalue weighted by Gasteiger charge is 2.19. The lowest BCUT2D eigenvalue weighted by molar-refractivity contribution is 0.200. The summed E-state index contributed by atoms with van der Waals surface area (Å²) in [7, 11) is 0. The van der Waals surface area contributed by atoms with Crippen molar-refractivity contribution in [1.82, 2.24) is 14.9 Å². The topological polar surface area (TPSA) is 41.1 Å². The summed E-state index contributed by atoms with van der Waals surface area (Å²) >= 11 is 1.70. The fourth-order valence-electron chi connectivity index (χ4n) is 3.02. The maximum atomic E-state index is 4.76. The van der Waals surface area contributed by atoms with Crippen LogP contribution in [0.1, 0.15) is 45.4 Å². The predicted octanol–water partition coefficient (Wildman–Crippen LogP) is 3.89. The molecule has 2 aromatic heterocycles. The van der Waals surface area contributed by atoms with Crippen LogP contribution in [0.15, 0.2) is 11.4 Å². The largest absolute Gasteiger partial charge is 0.370 e. The molecule has 0 aliphatic carbocycles. The van der Waals surface area contributed by atoms with E-state index in [0.717, 1.165) is 34.9 Å². The molecule has 2 aromatic rings. The lowest BCUT2D eigenvalue weighted by atomic mass is 10.1. The zero-order valence-corrected chi connectivity index (χ0v) is 13.7. The number of nitrogens with zero attached hydrogens (tertiary/aromatic N) is 3. The first-order chi connectivity index (χ1) is 10.3. The monoisotopic (exact) mass is 304 g/mol. The highest BCUT2D eigenvalue weighted by atomic mass is 32.1. The molecule has 1 N–H and O–H groups in total. The van der Waals surface area contributed by atoms with Crippen molar-refractivity contribution in [3.63, 3.8) is 0 Å². The Morgan fingerprint density at radius 3 is 3.10 bits per heavy atom. The molecule has 1 atom stereocenters. The van der Waals surface area contributed by atoms with Gasteiger partial charge in [-0.3, -0.25) is 4.90 Å². The summed E-state index contributed by atoms with van der Waals surface area (Å²) in [6.45, 7) is 7.37. The maximum Gasteiger partial charge on any atom is 0.146 e. The Labute approximate surface area is 130 Å². The number of hydrogen-bond donors (Lipinski definition) is 1. The van der Waals surface area contributed by atoms with E-state index in [9.17, 15) is 0 Å². The lowest BCUT2D eigenvalue weighted by Crippen LogP contribution is -2.32. The average Bonchev–Trinajstić information content (AvgIpc) is 2.85. The second kappa shape index (κ2) is 6.71. The van der Waals surface area contributed by atoms with Gasteiger partial charge in [0.2, 0.25) is 0 Å². The van der Waals surface area contributed by atoms with Crippen molar-refractivity contribution in [3.05, 3.63) is 17.3 Å². The van der Waals surface area contributed by atoms with Crippen molar-refractivity contribution in [2.24, 2.45) is 0 Å². The molecule has 0 radical (unpaired) electrons. The molecule has 21 heavy (non-hydrogen) atoms. The molecule has 1 saturated heterocycles. The Hall–Kier alpha value is -1.20. The molecule has 1 fully saturated rings. The van der Waals surface area contributed by atoms with E-state index in [4.69, 9.17) is 9.97 Å². The highest BCUT2D eigenvalue weighted by Crippen LogP contribution is 2.26. The van der Waals surface area contributed by atoms with E-state index in [0.29, 0.717) is 6.04 Å². The standard InChI is InChI=1S/C16H24N4S/c1-3-17-15-13-8-10-21-16(13)19-14(18-15)11-20-9-6-4-5-7-12(20)2/h8,10,12H,3-7,9,11H2,1-2H3,(H,17,18,19). The third kappa shape index (κ3) is 3.35. The van der Waals surface area contributed by atoms with Crippen LogP contribution in [-0.2, 0) is 6.54 Å². The van der Waals surface area contributed by atoms with Crippen LogP contribution in [0.3, 0.4) is 0 Å². The summed E-state index contributed by atoms with van der Waals surface area (Å²) in [5, 5.41) is 6.62. The molecule has 4 nitrogen and oxygen atoms in total. The van der Waals surface area contributed by atoms with Crippen molar-refractivity contribution in [2.45, 2.75) is 52.1 Å². The summed E-state index contributed by atoms with van der Waals surface area (Å²) in [5.74, 6) is 1.94. The third-order valence-corrected chi connectivity index (χ3v) is 5.06. The SMILES string of the molecule is CCNc1nc(CN2CCCCCC2C)nc2sccc12. The quantitative estimate of drug-likeness (QED) is 0.930. The van der Waals surface area contributed by atoms with Gasteiger partial charge in [0.25, 0.3) is 0 Å². The first-order valence-electron chi connectivity index (χ1n) is 8.00. The Kier molecular flexibility index (Phi) is 4.70. The molecular weight excluding hydrogens is 280 g/mol. The van der Waals surface area contributed by atoms with Crippen LogP contribution in [0.2, 0.25) is 0 Å². The number of anilines is 1. The molecule has 5 heteroatoms. The summed E-state index contributed by atoms with van der Waals surface area (Å²) < 4.78 is 0. The van der Waals surface area contributed by atoms with Gasteiger partial charge in [-0.1, -0.05) is 12.8 Å². The van der Waals surface area contributed by atoms with E-state index in [1.54, 1.807) is 11.3 Å².